The zero-order valence-electron chi connectivity index (χ0n) is 11.8. The predicted octanol–water partition coefficient (Wildman–Crippen LogP) is -0.181. The summed E-state index contributed by atoms with van der Waals surface area (Å²) < 4.78 is 2.14. The van der Waals surface area contributed by atoms with Crippen LogP contribution in [0.4, 0.5) is 0 Å². The lowest BCUT2D eigenvalue weighted by atomic mass is 10.1. The average Bonchev–Trinajstić information content (AvgIpc) is 2.49. The van der Waals surface area contributed by atoms with Gasteiger partial charge >= 0.3 is 5.69 Å². The number of hydrogen-bond acceptors (Lipinski definition) is 4. The van der Waals surface area contributed by atoms with E-state index in [4.69, 9.17) is 0 Å². The van der Waals surface area contributed by atoms with Gasteiger partial charge in [0.2, 0.25) is 5.91 Å². The molecule has 0 bridgehead atoms. The van der Waals surface area contributed by atoms with E-state index in [2.05, 4.69) is 10.3 Å². The Morgan fingerprint density at radius 3 is 2.81 bits per heavy atom. The molecule has 0 radical (unpaired) electrons. The Bertz CT molecular complexity index is 749. The van der Waals surface area contributed by atoms with Crippen LogP contribution in [-0.2, 0) is 18.4 Å². The molecule has 0 aliphatic rings. The van der Waals surface area contributed by atoms with Gasteiger partial charge in [-0.3, -0.25) is 23.7 Å². The van der Waals surface area contributed by atoms with Crippen molar-refractivity contribution in [2.75, 3.05) is 0 Å². The van der Waals surface area contributed by atoms with Crippen LogP contribution < -0.4 is 16.6 Å². The van der Waals surface area contributed by atoms with Crippen LogP contribution in [0.25, 0.3) is 0 Å². The number of pyridine rings is 1. The molecule has 0 spiro atoms. The van der Waals surface area contributed by atoms with E-state index in [0.717, 1.165) is 10.1 Å². The first-order valence-corrected chi connectivity index (χ1v) is 6.45. The van der Waals surface area contributed by atoms with Crippen LogP contribution in [0, 0.1) is 0 Å². The van der Waals surface area contributed by atoms with Gasteiger partial charge in [-0.25, -0.2) is 4.79 Å². The minimum absolute atomic E-state index is 0.141. The summed E-state index contributed by atoms with van der Waals surface area (Å²) in [5, 5.41) is 2.78. The molecule has 1 atom stereocenters. The van der Waals surface area contributed by atoms with Crippen LogP contribution >= 0.6 is 0 Å². The van der Waals surface area contributed by atoms with Gasteiger partial charge in [-0.2, -0.15) is 0 Å². The number of nitrogens with zero attached hydrogens (tertiary/aromatic N) is 3. The highest BCUT2D eigenvalue weighted by atomic mass is 16.2. The average molecular weight is 288 g/mol. The van der Waals surface area contributed by atoms with Crippen LogP contribution in [0.1, 0.15) is 18.5 Å². The smallest absolute Gasteiger partial charge is 0.331 e. The fourth-order valence-electron chi connectivity index (χ4n) is 1.89. The Balaban J connectivity index is 2.08. The zero-order valence-corrected chi connectivity index (χ0v) is 11.8. The SMILES string of the molecule is CC(NC(=O)Cn1ccc(=O)n(C)c1=O)c1cccnc1. The highest BCUT2D eigenvalue weighted by Crippen LogP contribution is 2.09. The highest BCUT2D eigenvalue weighted by Gasteiger charge is 2.11. The molecule has 7 nitrogen and oxygen atoms in total. The molecule has 0 aliphatic heterocycles. The third-order valence-electron chi connectivity index (χ3n) is 3.14. The molecule has 0 saturated heterocycles. The van der Waals surface area contributed by atoms with Gasteiger partial charge in [0.15, 0.2) is 0 Å². The van der Waals surface area contributed by atoms with Gasteiger partial charge in [-0.1, -0.05) is 6.07 Å². The first-order chi connectivity index (χ1) is 9.99. The number of nitrogens with one attached hydrogen (secondary N) is 1. The van der Waals surface area contributed by atoms with E-state index in [1.54, 1.807) is 18.5 Å². The van der Waals surface area contributed by atoms with Crippen LogP contribution in [0.2, 0.25) is 0 Å². The van der Waals surface area contributed by atoms with Gasteiger partial charge in [0.25, 0.3) is 5.56 Å². The van der Waals surface area contributed by atoms with Gasteiger partial charge in [-0.15, -0.1) is 0 Å². The summed E-state index contributed by atoms with van der Waals surface area (Å²) in [6.07, 6.45) is 4.64. The topological polar surface area (TPSA) is 86.0 Å². The maximum atomic E-state index is 12.0. The molecule has 110 valence electrons. The van der Waals surface area contributed by atoms with Crippen LogP contribution in [0.15, 0.2) is 46.4 Å². The lowest BCUT2D eigenvalue weighted by Crippen LogP contribution is -2.40. The number of carbonyl (C=O) groups is 1. The van der Waals surface area contributed by atoms with Crippen molar-refractivity contribution in [3.05, 3.63) is 63.2 Å². The summed E-state index contributed by atoms with van der Waals surface area (Å²) in [6, 6.07) is 4.68. The van der Waals surface area contributed by atoms with E-state index in [-0.39, 0.29) is 18.5 Å². The monoisotopic (exact) mass is 288 g/mol. The summed E-state index contributed by atoms with van der Waals surface area (Å²) in [6.45, 7) is 1.69. The first-order valence-electron chi connectivity index (χ1n) is 6.45. The van der Waals surface area contributed by atoms with Crippen LogP contribution in [0.5, 0.6) is 0 Å². The summed E-state index contributed by atoms with van der Waals surface area (Å²) in [7, 11) is 1.37. The lowest BCUT2D eigenvalue weighted by Gasteiger charge is -2.14. The summed E-state index contributed by atoms with van der Waals surface area (Å²) in [5.74, 6) is -0.313. The van der Waals surface area contributed by atoms with E-state index in [9.17, 15) is 14.4 Å². The van der Waals surface area contributed by atoms with Crippen molar-refractivity contribution in [1.29, 1.82) is 0 Å². The van der Waals surface area contributed by atoms with Gasteiger partial charge in [0.1, 0.15) is 6.54 Å². The molecule has 1 N–H and O–H groups in total. The molecule has 0 fully saturated rings. The number of carbonyl (C=O) groups excluding carboxylic acids is 1. The van der Waals surface area contributed by atoms with Crippen molar-refractivity contribution in [2.24, 2.45) is 7.05 Å². The summed E-state index contributed by atoms with van der Waals surface area (Å²) >= 11 is 0. The Kier molecular flexibility index (Phi) is 4.32. The zero-order chi connectivity index (χ0) is 15.4. The number of rotatable bonds is 4. The Hall–Kier alpha value is -2.70. The van der Waals surface area contributed by atoms with Crippen molar-refractivity contribution in [1.82, 2.24) is 19.4 Å². The van der Waals surface area contributed by atoms with Gasteiger partial charge < -0.3 is 5.32 Å². The second-order valence-electron chi connectivity index (χ2n) is 4.70. The molecule has 0 aliphatic carbocycles. The van der Waals surface area contributed by atoms with E-state index >= 15 is 0 Å². The maximum absolute atomic E-state index is 12.0. The van der Waals surface area contributed by atoms with Crippen molar-refractivity contribution in [3.63, 3.8) is 0 Å². The Labute approximate surface area is 120 Å². The number of aromatic nitrogens is 3. The molecular formula is C14H16N4O3. The second-order valence-corrected chi connectivity index (χ2v) is 4.70. The van der Waals surface area contributed by atoms with E-state index in [1.165, 1.54) is 23.9 Å². The van der Waals surface area contributed by atoms with Crippen molar-refractivity contribution < 1.29 is 4.79 Å². The number of amides is 1. The third kappa shape index (κ3) is 3.44. The normalized spacial score (nSPS) is 11.9. The molecule has 1 amide bonds. The van der Waals surface area contributed by atoms with Gasteiger partial charge in [-0.05, 0) is 18.6 Å². The van der Waals surface area contributed by atoms with E-state index < -0.39 is 11.2 Å². The molecule has 1 unspecified atom stereocenters. The minimum atomic E-state index is -0.522. The molecule has 2 heterocycles. The third-order valence-corrected chi connectivity index (χ3v) is 3.14. The highest BCUT2D eigenvalue weighted by molar-refractivity contribution is 5.76. The molecule has 2 aromatic heterocycles. The molecule has 7 heteroatoms. The van der Waals surface area contributed by atoms with E-state index in [1.807, 2.05) is 13.0 Å². The second kappa shape index (κ2) is 6.17. The first kappa shape index (κ1) is 14.7. The molecule has 21 heavy (non-hydrogen) atoms. The maximum Gasteiger partial charge on any atom is 0.331 e. The predicted molar refractivity (Wildman–Crippen MR) is 76.7 cm³/mol. The fraction of sp³-hybridized carbons (Fsp3) is 0.286. The largest absolute Gasteiger partial charge is 0.348 e. The standard InChI is InChI=1S/C14H16N4O3/c1-10(11-4-3-6-15-8-11)16-12(19)9-18-7-5-13(20)17(2)14(18)21/h3-8,10H,9H2,1-2H3,(H,16,19). The van der Waals surface area contributed by atoms with Crippen molar-refractivity contribution >= 4 is 5.91 Å². The molecule has 0 saturated carbocycles. The number of hydrogen-bond donors (Lipinski definition) is 1. The van der Waals surface area contributed by atoms with Crippen LogP contribution in [0.3, 0.4) is 0 Å². The lowest BCUT2D eigenvalue weighted by molar-refractivity contribution is -0.122. The fourth-order valence-corrected chi connectivity index (χ4v) is 1.89. The molecular weight excluding hydrogens is 272 g/mol. The molecule has 2 aromatic rings. The van der Waals surface area contributed by atoms with Crippen LogP contribution in [-0.4, -0.2) is 20.0 Å². The minimum Gasteiger partial charge on any atom is -0.348 e. The Morgan fingerprint density at radius 1 is 1.38 bits per heavy atom. The van der Waals surface area contributed by atoms with Crippen molar-refractivity contribution in [3.8, 4) is 0 Å². The molecule has 0 aromatic carbocycles. The van der Waals surface area contributed by atoms with Gasteiger partial charge in [0.05, 0.1) is 6.04 Å². The quantitative estimate of drug-likeness (QED) is 0.845. The molecule has 2 rings (SSSR count). The van der Waals surface area contributed by atoms with Gasteiger partial charge in [0, 0.05) is 31.7 Å². The van der Waals surface area contributed by atoms with E-state index in [0.29, 0.717) is 0 Å². The van der Waals surface area contributed by atoms with Crippen molar-refractivity contribution in [2.45, 2.75) is 19.5 Å². The Morgan fingerprint density at radius 2 is 2.14 bits per heavy atom. The summed E-state index contributed by atoms with van der Waals surface area (Å²) in [5.41, 5.74) is -0.0503. The summed E-state index contributed by atoms with van der Waals surface area (Å²) in [4.78, 5) is 39.1.